The largest absolute Gasteiger partial charge is 0.462 e. The van der Waals surface area contributed by atoms with Crippen molar-refractivity contribution in [1.29, 1.82) is 0 Å². The first-order valence-corrected chi connectivity index (χ1v) is 28.5. The summed E-state index contributed by atoms with van der Waals surface area (Å²) in [7, 11) is 0. The van der Waals surface area contributed by atoms with Crippen LogP contribution in [0.2, 0.25) is 0 Å². The van der Waals surface area contributed by atoms with E-state index in [2.05, 4.69) is 86.8 Å². The molecule has 0 aromatic rings. The quantitative estimate of drug-likeness (QED) is 0.0244. The molecule has 3 atom stereocenters. The van der Waals surface area contributed by atoms with Crippen LogP contribution in [0.3, 0.4) is 0 Å². The lowest BCUT2D eigenvalue weighted by atomic mass is 10.0. The highest BCUT2D eigenvalue weighted by molar-refractivity contribution is 5.77. The molecule has 0 aromatic heterocycles. The van der Waals surface area contributed by atoms with Gasteiger partial charge in [-0.3, -0.25) is 9.59 Å². The van der Waals surface area contributed by atoms with Gasteiger partial charge in [-0.25, -0.2) is 0 Å². The smallest absolute Gasteiger partial charge is 0.306 e. The van der Waals surface area contributed by atoms with E-state index in [1.54, 1.807) is 0 Å². The highest BCUT2D eigenvalue weighted by Gasteiger charge is 2.24. The molecule has 0 aliphatic rings. The minimum Gasteiger partial charge on any atom is -0.462 e. The Morgan fingerprint density at radius 2 is 0.879 bits per heavy atom. The van der Waals surface area contributed by atoms with Gasteiger partial charge in [-0.2, -0.15) is 0 Å². The number of aliphatic hydroxyl groups is 2. The standard InChI is InChI=1S/C60H109NO5/c1-4-7-10-13-16-19-22-25-27-29-31-34-37-40-43-46-49-52-58(63)57(55-62)61-59(64)54-56(51-48-45-42-39-36-33-24-21-18-15-12-9-6-3)66-60(65)53-50-47-44-41-38-35-32-30-28-26-23-20-17-14-11-8-5-2/h9,12,15,17-18,20-21,24,26,28,56-58,62-63H,4-8,10-11,13-14,16,19,22-23,25,27,29-55H2,1-3H3,(H,61,64)/b12-9+,18-15+,20-17-,24-21+,28-26-. The number of aliphatic hydroxyl groups excluding tert-OH is 2. The molecular formula is C60H109NO5. The Bertz CT molecular complexity index is 1170. The van der Waals surface area contributed by atoms with Crippen LogP contribution in [0.4, 0.5) is 0 Å². The van der Waals surface area contributed by atoms with E-state index in [4.69, 9.17) is 4.74 Å². The zero-order valence-corrected chi connectivity index (χ0v) is 43.8. The fourth-order valence-corrected chi connectivity index (χ4v) is 8.58. The van der Waals surface area contributed by atoms with Crippen LogP contribution in [-0.4, -0.2) is 46.9 Å². The molecule has 0 saturated carbocycles. The Kier molecular flexibility index (Phi) is 51.5. The molecule has 6 heteroatoms. The maximum Gasteiger partial charge on any atom is 0.306 e. The third kappa shape index (κ3) is 48.0. The summed E-state index contributed by atoms with van der Waals surface area (Å²) in [5, 5.41) is 23.9. The average Bonchev–Trinajstić information content (AvgIpc) is 3.31. The van der Waals surface area contributed by atoms with Gasteiger partial charge in [-0.05, 0) is 77.0 Å². The number of amides is 1. The van der Waals surface area contributed by atoms with Crippen LogP contribution in [0.15, 0.2) is 60.8 Å². The van der Waals surface area contributed by atoms with Crippen molar-refractivity contribution in [3.8, 4) is 0 Å². The second-order valence-electron chi connectivity index (χ2n) is 19.4. The molecule has 0 aliphatic heterocycles. The highest BCUT2D eigenvalue weighted by atomic mass is 16.5. The summed E-state index contributed by atoms with van der Waals surface area (Å²) in [5.74, 6) is -0.497. The van der Waals surface area contributed by atoms with E-state index in [-0.39, 0.29) is 24.9 Å². The monoisotopic (exact) mass is 924 g/mol. The number of ether oxygens (including phenoxy) is 1. The number of rotatable bonds is 51. The Morgan fingerprint density at radius 1 is 0.470 bits per heavy atom. The van der Waals surface area contributed by atoms with Crippen molar-refractivity contribution in [3.05, 3.63) is 60.8 Å². The third-order valence-corrected chi connectivity index (χ3v) is 12.9. The van der Waals surface area contributed by atoms with Gasteiger partial charge < -0.3 is 20.3 Å². The first-order chi connectivity index (χ1) is 32.5. The molecular weight excluding hydrogens is 815 g/mol. The molecule has 0 fully saturated rings. The van der Waals surface area contributed by atoms with E-state index in [1.165, 1.54) is 141 Å². The fourth-order valence-electron chi connectivity index (χ4n) is 8.58. The summed E-state index contributed by atoms with van der Waals surface area (Å²) in [5.41, 5.74) is 0. The van der Waals surface area contributed by atoms with Crippen LogP contribution in [0.5, 0.6) is 0 Å². The summed E-state index contributed by atoms with van der Waals surface area (Å²) in [6.07, 6.45) is 67.1. The molecule has 66 heavy (non-hydrogen) atoms. The summed E-state index contributed by atoms with van der Waals surface area (Å²) >= 11 is 0. The Labute approximate surface area is 409 Å². The van der Waals surface area contributed by atoms with Gasteiger partial charge in [0.2, 0.25) is 5.91 Å². The second-order valence-corrected chi connectivity index (χ2v) is 19.4. The number of unbranched alkanes of at least 4 members (excludes halogenated alkanes) is 31. The van der Waals surface area contributed by atoms with Crippen molar-refractivity contribution in [1.82, 2.24) is 5.32 Å². The van der Waals surface area contributed by atoms with Gasteiger partial charge in [0, 0.05) is 6.42 Å². The third-order valence-electron chi connectivity index (χ3n) is 12.9. The van der Waals surface area contributed by atoms with E-state index in [0.29, 0.717) is 19.3 Å². The van der Waals surface area contributed by atoms with Crippen LogP contribution in [0, 0.1) is 0 Å². The van der Waals surface area contributed by atoms with Crippen molar-refractivity contribution in [2.45, 2.75) is 302 Å². The topological polar surface area (TPSA) is 95.9 Å². The number of carbonyl (C=O) groups is 2. The fraction of sp³-hybridized carbons (Fsp3) is 0.800. The number of allylic oxidation sites excluding steroid dienone is 10. The first-order valence-electron chi connectivity index (χ1n) is 28.5. The summed E-state index contributed by atoms with van der Waals surface area (Å²) < 4.78 is 5.94. The minimum atomic E-state index is -0.797. The molecule has 3 N–H and O–H groups in total. The van der Waals surface area contributed by atoms with Crippen molar-refractivity contribution < 1.29 is 24.5 Å². The molecule has 1 amide bonds. The summed E-state index contributed by atoms with van der Waals surface area (Å²) in [6.45, 7) is 6.35. The van der Waals surface area contributed by atoms with Crippen LogP contribution < -0.4 is 5.32 Å². The van der Waals surface area contributed by atoms with Gasteiger partial charge in [0.1, 0.15) is 6.10 Å². The average molecular weight is 925 g/mol. The van der Waals surface area contributed by atoms with Crippen molar-refractivity contribution >= 4 is 11.9 Å². The zero-order valence-electron chi connectivity index (χ0n) is 43.8. The van der Waals surface area contributed by atoms with Crippen LogP contribution in [0.25, 0.3) is 0 Å². The summed E-state index contributed by atoms with van der Waals surface area (Å²) in [6, 6.07) is -0.712. The molecule has 0 rings (SSSR count). The maximum atomic E-state index is 13.3. The lowest BCUT2D eigenvalue weighted by Gasteiger charge is -2.24. The Hall–Kier alpha value is -2.44. The van der Waals surface area contributed by atoms with Gasteiger partial charge in [0.05, 0.1) is 25.2 Å². The SMILES string of the molecule is CC/C=C/C=C/C=C/CCCCCCCC(CC(=O)NC(CO)C(O)CCCCCCCCCCCCCCCCCCC)OC(=O)CCCCCCCCC/C=C\C/C=C\CCCCC. The van der Waals surface area contributed by atoms with Crippen LogP contribution >= 0.6 is 0 Å². The highest BCUT2D eigenvalue weighted by Crippen LogP contribution is 2.18. The number of hydrogen-bond acceptors (Lipinski definition) is 5. The maximum absolute atomic E-state index is 13.3. The van der Waals surface area contributed by atoms with E-state index in [9.17, 15) is 19.8 Å². The molecule has 0 saturated heterocycles. The lowest BCUT2D eigenvalue weighted by Crippen LogP contribution is -2.46. The number of carbonyl (C=O) groups excluding carboxylic acids is 2. The molecule has 0 heterocycles. The number of nitrogens with one attached hydrogen (secondary N) is 1. The molecule has 0 spiro atoms. The van der Waals surface area contributed by atoms with E-state index in [1.807, 2.05) is 0 Å². The van der Waals surface area contributed by atoms with Gasteiger partial charge in [0.15, 0.2) is 0 Å². The van der Waals surface area contributed by atoms with Gasteiger partial charge in [-0.15, -0.1) is 0 Å². The van der Waals surface area contributed by atoms with E-state index in [0.717, 1.165) is 96.3 Å². The van der Waals surface area contributed by atoms with Crippen molar-refractivity contribution in [2.75, 3.05) is 6.61 Å². The predicted molar refractivity (Wildman–Crippen MR) is 287 cm³/mol. The first kappa shape index (κ1) is 63.6. The molecule has 0 aromatic carbocycles. The van der Waals surface area contributed by atoms with Gasteiger partial charge in [0.25, 0.3) is 0 Å². The molecule has 0 radical (unpaired) electrons. The number of esters is 1. The summed E-state index contributed by atoms with van der Waals surface area (Å²) in [4.78, 5) is 26.2. The van der Waals surface area contributed by atoms with E-state index < -0.39 is 18.2 Å². The van der Waals surface area contributed by atoms with Crippen LogP contribution in [0.1, 0.15) is 284 Å². The van der Waals surface area contributed by atoms with Crippen molar-refractivity contribution in [2.24, 2.45) is 0 Å². The predicted octanol–water partition coefficient (Wildman–Crippen LogP) is 17.6. The normalized spacial score (nSPS) is 13.6. The lowest BCUT2D eigenvalue weighted by molar-refractivity contribution is -0.151. The molecule has 0 aliphatic carbocycles. The van der Waals surface area contributed by atoms with Gasteiger partial charge >= 0.3 is 5.97 Å². The molecule has 0 bridgehead atoms. The zero-order chi connectivity index (χ0) is 48.1. The Morgan fingerprint density at radius 3 is 1.38 bits per heavy atom. The molecule has 3 unspecified atom stereocenters. The Balaban J connectivity index is 4.53. The van der Waals surface area contributed by atoms with Crippen molar-refractivity contribution in [3.63, 3.8) is 0 Å². The number of hydrogen-bond donors (Lipinski definition) is 3. The second kappa shape index (κ2) is 53.5. The molecule has 384 valence electrons. The van der Waals surface area contributed by atoms with Crippen LogP contribution in [-0.2, 0) is 14.3 Å². The molecule has 6 nitrogen and oxygen atoms in total. The van der Waals surface area contributed by atoms with E-state index >= 15 is 0 Å². The van der Waals surface area contributed by atoms with Gasteiger partial charge in [-0.1, -0.05) is 255 Å². The minimum absolute atomic E-state index is 0.0603.